The first-order valence-corrected chi connectivity index (χ1v) is 8.87. The lowest BCUT2D eigenvalue weighted by Crippen LogP contribution is -2.50. The molecule has 1 aliphatic rings. The van der Waals surface area contributed by atoms with Crippen LogP contribution in [0.3, 0.4) is 0 Å². The number of nitrogens with zero attached hydrogens (tertiary/aromatic N) is 2. The predicted octanol–water partition coefficient (Wildman–Crippen LogP) is 1.68. The van der Waals surface area contributed by atoms with Crippen molar-refractivity contribution in [3.8, 4) is 0 Å². The van der Waals surface area contributed by atoms with Gasteiger partial charge in [-0.2, -0.15) is 0 Å². The fraction of sp³-hybridized carbons (Fsp3) is 0.579. The van der Waals surface area contributed by atoms with E-state index in [9.17, 15) is 9.59 Å². The third kappa shape index (κ3) is 5.44. The Morgan fingerprint density at radius 1 is 1.19 bits per heavy atom. The molecule has 1 heterocycles. The minimum atomic E-state index is -0.460. The highest BCUT2D eigenvalue weighted by Gasteiger charge is 2.37. The van der Waals surface area contributed by atoms with Crippen molar-refractivity contribution in [1.29, 1.82) is 0 Å². The zero-order valence-corrected chi connectivity index (χ0v) is 16.0. The van der Waals surface area contributed by atoms with Crippen molar-refractivity contribution in [3.63, 3.8) is 0 Å². The molecule has 0 spiro atoms. The van der Waals surface area contributed by atoms with Gasteiger partial charge in [0.2, 0.25) is 0 Å². The number of amides is 1. The lowest BCUT2D eigenvalue weighted by Gasteiger charge is -2.29. The zero-order chi connectivity index (χ0) is 19.1. The van der Waals surface area contributed by atoms with Crippen molar-refractivity contribution in [1.82, 2.24) is 15.1 Å². The average molecular weight is 363 g/mol. The van der Waals surface area contributed by atoms with Crippen LogP contribution in [0.2, 0.25) is 0 Å². The Bertz CT molecular complexity index is 594. The monoisotopic (exact) mass is 363 g/mol. The summed E-state index contributed by atoms with van der Waals surface area (Å²) in [6.45, 7) is 6.63. The van der Waals surface area contributed by atoms with E-state index >= 15 is 0 Å². The zero-order valence-electron chi connectivity index (χ0n) is 16.0. The van der Waals surface area contributed by atoms with E-state index in [1.54, 1.807) is 0 Å². The molecule has 0 radical (unpaired) electrons. The van der Waals surface area contributed by atoms with Crippen molar-refractivity contribution in [2.75, 3.05) is 34.0 Å². The summed E-state index contributed by atoms with van der Waals surface area (Å²) in [5.74, 6) is -0.0447. The average Bonchev–Trinajstić information content (AvgIpc) is 3.03. The SMILES string of the molecule is COC(=O)NC(CN1CN(Cc2ccccc2)CC1C(=O)OC)C(C)C. The van der Waals surface area contributed by atoms with Gasteiger partial charge in [-0.3, -0.25) is 14.6 Å². The van der Waals surface area contributed by atoms with Crippen LogP contribution in [0.25, 0.3) is 0 Å². The number of alkyl carbamates (subject to hydrolysis) is 1. The molecule has 2 rings (SSSR count). The minimum Gasteiger partial charge on any atom is -0.468 e. The number of hydrogen-bond acceptors (Lipinski definition) is 6. The number of methoxy groups -OCH3 is 2. The Morgan fingerprint density at radius 3 is 2.46 bits per heavy atom. The van der Waals surface area contributed by atoms with Crippen molar-refractivity contribution in [2.24, 2.45) is 5.92 Å². The molecule has 144 valence electrons. The topological polar surface area (TPSA) is 71.1 Å². The molecule has 0 aromatic heterocycles. The van der Waals surface area contributed by atoms with Gasteiger partial charge in [-0.05, 0) is 11.5 Å². The van der Waals surface area contributed by atoms with Crippen LogP contribution in [-0.2, 0) is 20.8 Å². The van der Waals surface area contributed by atoms with E-state index in [-0.39, 0.29) is 24.0 Å². The van der Waals surface area contributed by atoms with Crippen molar-refractivity contribution < 1.29 is 19.1 Å². The Labute approximate surface area is 155 Å². The van der Waals surface area contributed by atoms with Gasteiger partial charge in [-0.1, -0.05) is 44.2 Å². The summed E-state index contributed by atoms with van der Waals surface area (Å²) in [7, 11) is 2.76. The molecule has 1 aromatic carbocycles. The molecule has 1 aromatic rings. The van der Waals surface area contributed by atoms with Gasteiger partial charge in [0, 0.05) is 25.7 Å². The number of benzene rings is 1. The largest absolute Gasteiger partial charge is 0.468 e. The van der Waals surface area contributed by atoms with E-state index in [2.05, 4.69) is 27.2 Å². The molecule has 2 unspecified atom stereocenters. The third-order valence-electron chi connectivity index (χ3n) is 4.70. The maximum Gasteiger partial charge on any atom is 0.407 e. The van der Waals surface area contributed by atoms with Gasteiger partial charge >= 0.3 is 12.1 Å². The van der Waals surface area contributed by atoms with E-state index in [0.29, 0.717) is 19.8 Å². The van der Waals surface area contributed by atoms with Crippen molar-refractivity contribution in [2.45, 2.75) is 32.5 Å². The lowest BCUT2D eigenvalue weighted by molar-refractivity contribution is -0.145. The Balaban J connectivity index is 2.07. The summed E-state index contributed by atoms with van der Waals surface area (Å²) >= 11 is 0. The third-order valence-corrected chi connectivity index (χ3v) is 4.70. The van der Waals surface area contributed by atoms with Gasteiger partial charge in [0.1, 0.15) is 6.04 Å². The van der Waals surface area contributed by atoms with E-state index in [1.165, 1.54) is 19.8 Å². The molecule has 7 nitrogen and oxygen atoms in total. The molecule has 0 saturated carbocycles. The minimum absolute atomic E-state index is 0.119. The number of rotatable bonds is 7. The molecule has 1 saturated heterocycles. The highest BCUT2D eigenvalue weighted by Crippen LogP contribution is 2.19. The summed E-state index contributed by atoms with van der Waals surface area (Å²) in [6, 6.07) is 9.70. The van der Waals surface area contributed by atoms with Crippen LogP contribution in [0, 0.1) is 5.92 Å². The van der Waals surface area contributed by atoms with Crippen molar-refractivity contribution >= 4 is 12.1 Å². The first-order chi connectivity index (χ1) is 12.4. The molecule has 0 bridgehead atoms. The van der Waals surface area contributed by atoms with Gasteiger partial charge in [0.25, 0.3) is 0 Å². The first-order valence-electron chi connectivity index (χ1n) is 8.87. The van der Waals surface area contributed by atoms with Crippen LogP contribution in [0.5, 0.6) is 0 Å². The number of nitrogens with one attached hydrogen (secondary N) is 1. The quantitative estimate of drug-likeness (QED) is 0.744. The number of hydrogen-bond donors (Lipinski definition) is 1. The summed E-state index contributed by atoms with van der Waals surface area (Å²) in [4.78, 5) is 28.2. The molecule has 1 N–H and O–H groups in total. The predicted molar refractivity (Wildman–Crippen MR) is 98.4 cm³/mol. The number of carbonyl (C=O) groups excluding carboxylic acids is 2. The maximum absolute atomic E-state index is 12.2. The van der Waals surface area contributed by atoms with Crippen LogP contribution in [0.1, 0.15) is 19.4 Å². The van der Waals surface area contributed by atoms with Crippen LogP contribution in [0.4, 0.5) is 4.79 Å². The van der Waals surface area contributed by atoms with Crippen LogP contribution >= 0.6 is 0 Å². The molecule has 2 atom stereocenters. The van der Waals surface area contributed by atoms with Crippen LogP contribution < -0.4 is 5.32 Å². The molecule has 1 fully saturated rings. The van der Waals surface area contributed by atoms with E-state index in [0.717, 1.165) is 6.54 Å². The summed E-state index contributed by atoms with van der Waals surface area (Å²) in [6.07, 6.45) is -0.460. The Hall–Kier alpha value is -2.12. The Kier molecular flexibility index (Phi) is 7.41. The summed E-state index contributed by atoms with van der Waals surface area (Å²) < 4.78 is 9.71. The second kappa shape index (κ2) is 9.54. The van der Waals surface area contributed by atoms with Gasteiger partial charge in [0.15, 0.2) is 0 Å². The van der Waals surface area contributed by atoms with Crippen LogP contribution in [-0.4, -0.2) is 67.9 Å². The second-order valence-corrected chi connectivity index (χ2v) is 6.94. The summed E-state index contributed by atoms with van der Waals surface area (Å²) in [5, 5.41) is 2.86. The molecular formula is C19H29N3O4. The molecule has 0 aliphatic carbocycles. The number of carbonyl (C=O) groups is 2. The highest BCUT2D eigenvalue weighted by atomic mass is 16.5. The lowest BCUT2D eigenvalue weighted by atomic mass is 10.0. The van der Waals surface area contributed by atoms with E-state index in [4.69, 9.17) is 9.47 Å². The molecule has 26 heavy (non-hydrogen) atoms. The normalized spacial score (nSPS) is 19.3. The Morgan fingerprint density at radius 2 is 1.88 bits per heavy atom. The molecule has 1 amide bonds. The van der Waals surface area contributed by atoms with E-state index < -0.39 is 6.09 Å². The fourth-order valence-corrected chi connectivity index (χ4v) is 3.16. The van der Waals surface area contributed by atoms with Crippen molar-refractivity contribution in [3.05, 3.63) is 35.9 Å². The molecular weight excluding hydrogens is 334 g/mol. The number of ether oxygens (including phenoxy) is 2. The molecule has 7 heteroatoms. The fourth-order valence-electron chi connectivity index (χ4n) is 3.16. The molecule has 1 aliphatic heterocycles. The standard InChI is InChI=1S/C19H29N3O4/c1-14(2)16(20-19(24)26-4)11-22-13-21(12-17(22)18(23)25-3)10-15-8-6-5-7-9-15/h5-9,14,16-17H,10-13H2,1-4H3,(H,20,24). The number of esters is 1. The van der Waals surface area contributed by atoms with E-state index in [1.807, 2.05) is 32.0 Å². The van der Waals surface area contributed by atoms with Crippen LogP contribution in [0.15, 0.2) is 30.3 Å². The summed E-state index contributed by atoms with van der Waals surface area (Å²) in [5.41, 5.74) is 1.20. The van der Waals surface area contributed by atoms with Gasteiger partial charge in [0.05, 0.1) is 20.9 Å². The van der Waals surface area contributed by atoms with Gasteiger partial charge in [-0.15, -0.1) is 0 Å². The van der Waals surface area contributed by atoms with Gasteiger partial charge in [-0.25, -0.2) is 4.79 Å². The maximum atomic E-state index is 12.2. The second-order valence-electron chi connectivity index (χ2n) is 6.94. The highest BCUT2D eigenvalue weighted by molar-refractivity contribution is 5.76. The smallest absolute Gasteiger partial charge is 0.407 e. The first kappa shape index (κ1) is 20.2. The van der Waals surface area contributed by atoms with Gasteiger partial charge < -0.3 is 14.8 Å².